The van der Waals surface area contributed by atoms with Crippen molar-refractivity contribution >= 4 is 5.97 Å². The smallest absolute Gasteiger partial charge is 0.315 e. The molecule has 3 unspecified atom stereocenters. The van der Waals surface area contributed by atoms with Crippen LogP contribution in [0.4, 0.5) is 0 Å². The minimum absolute atomic E-state index is 0.101. The summed E-state index contributed by atoms with van der Waals surface area (Å²) in [5.74, 6) is -0.382. The largest absolute Gasteiger partial charge is 0.435 e. The lowest BCUT2D eigenvalue weighted by Crippen LogP contribution is -2.38. The summed E-state index contributed by atoms with van der Waals surface area (Å²) in [7, 11) is 0. The first-order valence-electron chi connectivity index (χ1n) is 9.24. The number of hydrogen-bond acceptors (Lipinski definition) is 3. The minimum atomic E-state index is -0.504. The van der Waals surface area contributed by atoms with Crippen LogP contribution in [0.5, 0.6) is 0 Å². The zero-order chi connectivity index (χ0) is 18.5. The van der Waals surface area contributed by atoms with Crippen LogP contribution in [-0.4, -0.2) is 18.4 Å². The zero-order valence-corrected chi connectivity index (χ0v) is 16.9. The van der Waals surface area contributed by atoms with Crippen LogP contribution in [0.15, 0.2) is 12.2 Å². The molecule has 138 valence electrons. The first-order valence-corrected chi connectivity index (χ1v) is 9.24. The number of ether oxygens (including phenoxy) is 2. The van der Waals surface area contributed by atoms with Gasteiger partial charge in [-0.3, -0.25) is 4.79 Å². The second-order valence-corrected chi connectivity index (χ2v) is 6.76. The lowest BCUT2D eigenvalue weighted by Gasteiger charge is -2.33. The van der Waals surface area contributed by atoms with E-state index in [1.54, 1.807) is 0 Å². The highest BCUT2D eigenvalue weighted by Crippen LogP contribution is 2.27. The molecule has 0 aliphatic heterocycles. The van der Waals surface area contributed by atoms with E-state index < -0.39 is 6.29 Å². The van der Waals surface area contributed by atoms with E-state index in [4.69, 9.17) is 9.47 Å². The molecule has 0 aromatic heterocycles. The molecule has 3 nitrogen and oxygen atoms in total. The summed E-state index contributed by atoms with van der Waals surface area (Å²) < 4.78 is 11.7. The topological polar surface area (TPSA) is 35.5 Å². The normalized spacial score (nSPS) is 15.5. The van der Waals surface area contributed by atoms with Crippen molar-refractivity contribution in [1.82, 2.24) is 0 Å². The Balaban J connectivity index is 0. The van der Waals surface area contributed by atoms with Gasteiger partial charge in [-0.25, -0.2) is 0 Å². The summed E-state index contributed by atoms with van der Waals surface area (Å²) in [5.41, 5.74) is -0.232. The molecule has 0 N–H and O–H groups in total. The fraction of sp³-hybridized carbons (Fsp3) is 0.850. The second-order valence-electron chi connectivity index (χ2n) is 6.76. The van der Waals surface area contributed by atoms with Gasteiger partial charge in [-0.2, -0.15) is 0 Å². The Kier molecular flexibility index (Phi) is 14.4. The summed E-state index contributed by atoms with van der Waals surface area (Å²) in [4.78, 5) is 12.3. The van der Waals surface area contributed by atoms with Crippen molar-refractivity contribution in [3.8, 4) is 0 Å². The van der Waals surface area contributed by atoms with Crippen LogP contribution >= 0.6 is 0 Å². The maximum Gasteiger partial charge on any atom is 0.315 e. The number of unbranched alkanes of at least 4 members (excludes halogenated alkanes) is 1. The number of carbonyl (C=O) groups is 1. The van der Waals surface area contributed by atoms with Crippen LogP contribution in [0.25, 0.3) is 0 Å². The van der Waals surface area contributed by atoms with E-state index in [0.717, 1.165) is 25.7 Å². The minimum Gasteiger partial charge on any atom is -0.435 e. The van der Waals surface area contributed by atoms with Gasteiger partial charge in [-0.1, -0.05) is 73.5 Å². The van der Waals surface area contributed by atoms with Gasteiger partial charge in [0.2, 0.25) is 6.29 Å². The molecule has 0 bridgehead atoms. The Morgan fingerprint density at radius 1 is 1.17 bits per heavy atom. The second kappa shape index (κ2) is 13.6. The van der Waals surface area contributed by atoms with Gasteiger partial charge in [0, 0.05) is 5.41 Å². The summed E-state index contributed by atoms with van der Waals surface area (Å²) >= 11 is 0. The number of rotatable bonds is 9. The molecule has 0 radical (unpaired) electrons. The monoisotopic (exact) mass is 328 g/mol. The van der Waals surface area contributed by atoms with E-state index in [9.17, 15) is 4.79 Å². The molecule has 0 amide bonds. The van der Waals surface area contributed by atoms with Gasteiger partial charge in [-0.05, 0) is 26.7 Å². The molecule has 3 atom stereocenters. The molecule has 3 heteroatoms. The standard InChI is InChI=1S/C18H34O3.C2H6/c1-8-11-13-14(4)20-17(18(5,6)7)21-16(19)15(10-3)12-9-2;1-2/h9,12,14-15,17H,8,10-11,13H2,1-7H3;1-2H3/b12-9-;. The molecule has 0 aromatic rings. The van der Waals surface area contributed by atoms with E-state index in [1.165, 1.54) is 0 Å². The van der Waals surface area contributed by atoms with Crippen LogP contribution < -0.4 is 0 Å². The Labute approximate surface area is 144 Å². The van der Waals surface area contributed by atoms with Gasteiger partial charge >= 0.3 is 5.97 Å². The molecule has 0 spiro atoms. The highest BCUT2D eigenvalue weighted by atomic mass is 16.7. The first-order chi connectivity index (χ1) is 10.8. The highest BCUT2D eigenvalue weighted by Gasteiger charge is 2.32. The van der Waals surface area contributed by atoms with Gasteiger partial charge in [0.1, 0.15) is 0 Å². The van der Waals surface area contributed by atoms with Crippen molar-refractivity contribution in [2.24, 2.45) is 11.3 Å². The predicted octanol–water partition coefficient (Wildman–Crippen LogP) is 6.13. The van der Waals surface area contributed by atoms with Crippen LogP contribution in [0.2, 0.25) is 0 Å². The molecule has 0 heterocycles. The van der Waals surface area contributed by atoms with Crippen molar-refractivity contribution in [3.63, 3.8) is 0 Å². The number of carbonyl (C=O) groups excluding carboxylic acids is 1. The summed E-state index contributed by atoms with van der Waals surface area (Å²) in [6.45, 7) is 18.2. The Morgan fingerprint density at radius 3 is 2.13 bits per heavy atom. The van der Waals surface area contributed by atoms with Gasteiger partial charge in [0.25, 0.3) is 0 Å². The van der Waals surface area contributed by atoms with Crippen molar-refractivity contribution in [2.75, 3.05) is 0 Å². The van der Waals surface area contributed by atoms with Gasteiger partial charge in [-0.15, -0.1) is 0 Å². The molecule has 0 aliphatic rings. The van der Waals surface area contributed by atoms with Crippen molar-refractivity contribution in [1.29, 1.82) is 0 Å². The maximum atomic E-state index is 12.3. The fourth-order valence-electron chi connectivity index (χ4n) is 1.99. The molecular formula is C20H40O3. The average molecular weight is 329 g/mol. The van der Waals surface area contributed by atoms with Crippen molar-refractivity contribution in [3.05, 3.63) is 12.2 Å². The van der Waals surface area contributed by atoms with Gasteiger partial charge < -0.3 is 9.47 Å². The van der Waals surface area contributed by atoms with Gasteiger partial charge in [0.05, 0.1) is 12.0 Å². The van der Waals surface area contributed by atoms with Crippen LogP contribution in [0.3, 0.4) is 0 Å². The third-order valence-electron chi connectivity index (χ3n) is 3.42. The third kappa shape index (κ3) is 11.4. The molecule has 23 heavy (non-hydrogen) atoms. The SMILES string of the molecule is C/C=C\C(CC)C(=O)OC(OC(C)CCCC)C(C)(C)C.CC. The van der Waals surface area contributed by atoms with Crippen LogP contribution in [0, 0.1) is 11.3 Å². The molecule has 0 saturated carbocycles. The summed E-state index contributed by atoms with van der Waals surface area (Å²) in [5, 5.41) is 0. The molecule has 0 fully saturated rings. The highest BCUT2D eigenvalue weighted by molar-refractivity contribution is 5.74. The van der Waals surface area contributed by atoms with Crippen LogP contribution in [0.1, 0.15) is 88.0 Å². The molecule has 0 saturated heterocycles. The summed E-state index contributed by atoms with van der Waals surface area (Å²) in [6.07, 6.45) is 7.39. The van der Waals surface area contributed by atoms with E-state index in [1.807, 2.05) is 67.5 Å². The summed E-state index contributed by atoms with van der Waals surface area (Å²) in [6, 6.07) is 0. The molecular weight excluding hydrogens is 288 g/mol. The number of allylic oxidation sites excluding steroid dienone is 1. The van der Waals surface area contributed by atoms with E-state index in [2.05, 4.69) is 6.92 Å². The third-order valence-corrected chi connectivity index (χ3v) is 3.42. The zero-order valence-electron chi connectivity index (χ0n) is 16.9. The number of hydrogen-bond donors (Lipinski definition) is 0. The average Bonchev–Trinajstić information content (AvgIpc) is 2.50. The predicted molar refractivity (Wildman–Crippen MR) is 99.4 cm³/mol. The number of esters is 1. The molecule has 0 rings (SSSR count). The van der Waals surface area contributed by atoms with Crippen molar-refractivity contribution in [2.45, 2.75) is 100 Å². The Bertz CT molecular complexity index is 315. The van der Waals surface area contributed by atoms with Crippen molar-refractivity contribution < 1.29 is 14.3 Å². The van der Waals surface area contributed by atoms with E-state index in [-0.39, 0.29) is 23.4 Å². The lowest BCUT2D eigenvalue weighted by molar-refractivity contribution is -0.219. The first kappa shape index (κ1) is 24.4. The molecule has 0 aromatic carbocycles. The Hall–Kier alpha value is -0.830. The fourth-order valence-corrected chi connectivity index (χ4v) is 1.99. The quantitative estimate of drug-likeness (QED) is 0.290. The molecule has 0 aliphatic carbocycles. The van der Waals surface area contributed by atoms with Gasteiger partial charge in [0.15, 0.2) is 0 Å². The Morgan fingerprint density at radius 2 is 1.74 bits per heavy atom. The van der Waals surface area contributed by atoms with E-state index >= 15 is 0 Å². The van der Waals surface area contributed by atoms with E-state index in [0.29, 0.717) is 0 Å². The van der Waals surface area contributed by atoms with Crippen LogP contribution in [-0.2, 0) is 14.3 Å². The maximum absolute atomic E-state index is 12.3. The lowest BCUT2D eigenvalue weighted by atomic mass is 9.95.